The highest BCUT2D eigenvalue weighted by Crippen LogP contribution is 2.24. The molecule has 0 radical (unpaired) electrons. The van der Waals surface area contributed by atoms with Gasteiger partial charge < -0.3 is 5.11 Å². The Morgan fingerprint density at radius 1 is 1.33 bits per heavy atom. The van der Waals surface area contributed by atoms with E-state index in [1.165, 1.54) is 11.6 Å². The van der Waals surface area contributed by atoms with E-state index in [1.54, 1.807) is 24.3 Å². The number of carboxylic acids is 1. The minimum atomic E-state index is -1.21. The molecule has 0 amide bonds. The molecule has 21 heavy (non-hydrogen) atoms. The number of H-pyrrole nitrogens is 1. The third-order valence-corrected chi connectivity index (χ3v) is 3.37. The molecule has 0 saturated heterocycles. The molecular weight excluding hydrogens is 296 g/mol. The molecule has 1 aromatic carbocycles. The Bertz CT molecular complexity index is 866. The number of carbonyl (C=O) groups is 1. The summed E-state index contributed by atoms with van der Waals surface area (Å²) in [5.41, 5.74) is 0.392. The zero-order valence-corrected chi connectivity index (χ0v) is 11.5. The third kappa shape index (κ3) is 2.07. The van der Waals surface area contributed by atoms with E-state index in [1.807, 2.05) is 0 Å². The Kier molecular flexibility index (Phi) is 2.99. The number of fused-ring (bicyclic) bond motifs is 1. The normalized spacial score (nSPS) is 11.0. The van der Waals surface area contributed by atoms with Crippen LogP contribution in [0.3, 0.4) is 0 Å². The second-order valence-electron chi connectivity index (χ2n) is 4.42. The van der Waals surface area contributed by atoms with E-state index in [0.29, 0.717) is 10.7 Å². The molecule has 0 aromatic heterocycles. The fourth-order valence-electron chi connectivity index (χ4n) is 2.11. The van der Waals surface area contributed by atoms with Gasteiger partial charge in [0.2, 0.25) is 0 Å². The van der Waals surface area contributed by atoms with E-state index in [2.05, 4.69) is 15.3 Å². The van der Waals surface area contributed by atoms with Crippen LogP contribution in [0.5, 0.6) is 0 Å². The van der Waals surface area contributed by atoms with Crippen molar-refractivity contribution in [1.29, 1.82) is 0 Å². The summed E-state index contributed by atoms with van der Waals surface area (Å²) in [6, 6.07) is 6.61. The fraction of sp³-hybridized carbons (Fsp3) is 0.0769. The number of benzene rings is 1. The zero-order valence-electron chi connectivity index (χ0n) is 10.8. The maximum atomic E-state index is 11.8. The van der Waals surface area contributed by atoms with Gasteiger partial charge in [0.25, 0.3) is 5.56 Å². The van der Waals surface area contributed by atoms with Gasteiger partial charge in [-0.05, 0) is 31.2 Å². The molecule has 2 N–H and O–H groups in total. The van der Waals surface area contributed by atoms with Gasteiger partial charge in [0, 0.05) is 10.6 Å². The van der Waals surface area contributed by atoms with E-state index < -0.39 is 11.5 Å². The van der Waals surface area contributed by atoms with Crippen LogP contribution in [0.25, 0.3) is 17.1 Å². The number of halogens is 1. The molecule has 0 bridgehead atoms. The van der Waals surface area contributed by atoms with E-state index in [4.69, 9.17) is 11.6 Å². The predicted octanol–water partition coefficient (Wildman–Crippen LogP) is 1.72. The summed E-state index contributed by atoms with van der Waals surface area (Å²) in [6.07, 6.45) is 0. The second kappa shape index (κ2) is 4.71. The zero-order chi connectivity index (χ0) is 15.1. The number of aromatic amines is 1. The lowest BCUT2D eigenvalue weighted by atomic mass is 10.1. The monoisotopic (exact) mass is 304 g/mol. The van der Waals surface area contributed by atoms with Gasteiger partial charge in [0.05, 0.1) is 11.3 Å². The van der Waals surface area contributed by atoms with Gasteiger partial charge >= 0.3 is 5.97 Å². The Hall–Kier alpha value is -2.67. The molecule has 0 atom stereocenters. The highest BCUT2D eigenvalue weighted by atomic mass is 35.5. The minimum Gasteiger partial charge on any atom is -0.476 e. The van der Waals surface area contributed by atoms with E-state index in [0.717, 1.165) is 0 Å². The number of hydrogen-bond donors (Lipinski definition) is 2. The lowest BCUT2D eigenvalue weighted by Crippen LogP contribution is -2.17. The molecular formula is C13H9ClN4O3. The second-order valence-corrected chi connectivity index (χ2v) is 4.85. The van der Waals surface area contributed by atoms with Crippen LogP contribution < -0.4 is 5.56 Å². The molecule has 7 nitrogen and oxygen atoms in total. The largest absolute Gasteiger partial charge is 0.476 e. The van der Waals surface area contributed by atoms with Crippen molar-refractivity contribution in [2.45, 2.75) is 6.92 Å². The molecule has 2 aliphatic rings. The smallest absolute Gasteiger partial charge is 0.356 e. The van der Waals surface area contributed by atoms with Crippen LogP contribution in [0.4, 0.5) is 0 Å². The van der Waals surface area contributed by atoms with Crippen molar-refractivity contribution >= 4 is 17.6 Å². The quantitative estimate of drug-likeness (QED) is 0.750. The van der Waals surface area contributed by atoms with E-state index in [9.17, 15) is 14.7 Å². The standard InChI is InChI=1S/C13H9ClN4O3/c1-6-9-11(15-16-12(9)19)18(17-10(6)13(20)21)8-4-2-7(14)3-5-8/h2-5H,1H3,(H,16,19)(H,20,21). The maximum Gasteiger partial charge on any atom is 0.356 e. The number of rotatable bonds is 2. The molecule has 2 heterocycles. The minimum absolute atomic E-state index is 0.198. The molecule has 106 valence electrons. The summed E-state index contributed by atoms with van der Waals surface area (Å²) in [5, 5.41) is 20.1. The van der Waals surface area contributed by atoms with Gasteiger partial charge in [-0.1, -0.05) is 11.6 Å². The Balaban J connectivity index is 2.37. The van der Waals surface area contributed by atoms with Crippen LogP contribution in [0.2, 0.25) is 5.02 Å². The highest BCUT2D eigenvalue weighted by molar-refractivity contribution is 6.30. The number of carboxylic acid groups (broad SMARTS) is 1. The third-order valence-electron chi connectivity index (χ3n) is 3.12. The van der Waals surface area contributed by atoms with Crippen molar-refractivity contribution in [3.8, 4) is 17.1 Å². The Morgan fingerprint density at radius 2 is 2.00 bits per heavy atom. The highest BCUT2D eigenvalue weighted by Gasteiger charge is 2.25. The number of aromatic nitrogens is 4. The predicted molar refractivity (Wildman–Crippen MR) is 75.3 cm³/mol. The van der Waals surface area contributed by atoms with Gasteiger partial charge in [-0.15, -0.1) is 0 Å². The van der Waals surface area contributed by atoms with Gasteiger partial charge in [0.1, 0.15) is 0 Å². The molecule has 0 unspecified atom stereocenters. The SMILES string of the molecule is Cc1c(C(=O)O)nn(-c2ccc(Cl)cc2)c2n[nH]c(=O)c1-2. The summed E-state index contributed by atoms with van der Waals surface area (Å²) >= 11 is 5.83. The van der Waals surface area contributed by atoms with Gasteiger partial charge in [-0.2, -0.15) is 10.2 Å². The molecule has 0 fully saturated rings. The summed E-state index contributed by atoms with van der Waals surface area (Å²) in [6.45, 7) is 1.53. The molecule has 0 saturated carbocycles. The fourth-order valence-corrected chi connectivity index (χ4v) is 2.24. The lowest BCUT2D eigenvalue weighted by molar-refractivity contribution is 0.0687. The first-order valence-corrected chi connectivity index (χ1v) is 6.34. The average Bonchev–Trinajstić information content (AvgIpc) is 2.83. The Morgan fingerprint density at radius 3 is 2.62 bits per heavy atom. The summed E-state index contributed by atoms with van der Waals surface area (Å²) in [4.78, 5) is 23.1. The topological polar surface area (TPSA) is 101 Å². The first-order valence-electron chi connectivity index (χ1n) is 5.96. The van der Waals surface area contributed by atoms with Crippen LogP contribution >= 0.6 is 11.6 Å². The average molecular weight is 305 g/mol. The maximum absolute atomic E-state index is 11.8. The van der Waals surface area contributed by atoms with Crippen LogP contribution in [0.15, 0.2) is 29.1 Å². The van der Waals surface area contributed by atoms with Crippen LogP contribution in [-0.2, 0) is 0 Å². The molecule has 0 spiro atoms. The van der Waals surface area contributed by atoms with Crippen molar-refractivity contribution in [1.82, 2.24) is 20.0 Å². The van der Waals surface area contributed by atoms with Crippen LogP contribution in [0, 0.1) is 6.92 Å². The van der Waals surface area contributed by atoms with Gasteiger partial charge in [0.15, 0.2) is 11.5 Å². The van der Waals surface area contributed by atoms with Crippen LogP contribution in [-0.4, -0.2) is 31.1 Å². The molecule has 8 heteroatoms. The first kappa shape index (κ1) is 13.3. The molecule has 0 aliphatic carbocycles. The summed E-state index contributed by atoms with van der Waals surface area (Å²) in [5.74, 6) is -0.942. The van der Waals surface area contributed by atoms with Crippen LogP contribution in [0.1, 0.15) is 16.1 Å². The molecule has 1 aromatic rings. The van der Waals surface area contributed by atoms with Crippen molar-refractivity contribution < 1.29 is 9.90 Å². The van der Waals surface area contributed by atoms with Crippen molar-refractivity contribution in [2.24, 2.45) is 0 Å². The van der Waals surface area contributed by atoms with Gasteiger partial charge in [-0.3, -0.25) is 4.79 Å². The number of nitrogens with zero attached hydrogens (tertiary/aromatic N) is 3. The van der Waals surface area contributed by atoms with Crippen molar-refractivity contribution in [2.75, 3.05) is 0 Å². The Labute approximate surface area is 123 Å². The van der Waals surface area contributed by atoms with E-state index >= 15 is 0 Å². The summed E-state index contributed by atoms with van der Waals surface area (Å²) in [7, 11) is 0. The first-order chi connectivity index (χ1) is 9.99. The van der Waals surface area contributed by atoms with E-state index in [-0.39, 0.29) is 22.6 Å². The molecule has 2 aliphatic heterocycles. The number of hydrogen-bond acceptors (Lipinski definition) is 4. The van der Waals surface area contributed by atoms with Gasteiger partial charge in [-0.25, -0.2) is 14.6 Å². The van der Waals surface area contributed by atoms with Crippen molar-refractivity contribution in [3.05, 3.63) is 50.9 Å². The van der Waals surface area contributed by atoms with Crippen molar-refractivity contribution in [3.63, 3.8) is 0 Å². The number of nitrogens with one attached hydrogen (secondary N) is 1. The molecule has 3 rings (SSSR count). The summed E-state index contributed by atoms with van der Waals surface area (Å²) < 4.78 is 1.31. The number of aromatic carboxylic acids is 1. The lowest BCUT2D eigenvalue weighted by Gasteiger charge is -2.13.